The second-order valence-electron chi connectivity index (χ2n) is 9.32. The second kappa shape index (κ2) is 12.4. The molecule has 0 saturated heterocycles. The number of amides is 1. The molecule has 0 aromatic heterocycles. The molecule has 4 aromatic rings. The molecule has 3 nitrogen and oxygen atoms in total. The van der Waals surface area contributed by atoms with E-state index in [1.807, 2.05) is 37.3 Å². The molecular weight excluding hydrogens is 539 g/mol. The highest BCUT2D eigenvalue weighted by Gasteiger charge is 2.44. The molecule has 0 fully saturated rings. The van der Waals surface area contributed by atoms with E-state index in [2.05, 4.69) is 96.1 Å². The lowest BCUT2D eigenvalue weighted by Gasteiger charge is -2.28. The quantitative estimate of drug-likeness (QED) is 0.225. The number of para-hydroxylation sites is 1. The van der Waals surface area contributed by atoms with Crippen LogP contribution >= 0.6 is 7.26 Å². The smallest absolute Gasteiger partial charge is 0.256 e. The van der Waals surface area contributed by atoms with Crippen molar-refractivity contribution in [2.24, 2.45) is 11.0 Å². The molecule has 0 N–H and O–H groups in total. The van der Waals surface area contributed by atoms with Gasteiger partial charge in [0.25, 0.3) is 5.91 Å². The number of hydrogen-bond acceptors (Lipinski definition) is 2. The molecule has 1 amide bonds. The van der Waals surface area contributed by atoms with E-state index in [9.17, 15) is 4.79 Å². The predicted molar refractivity (Wildman–Crippen MR) is 154 cm³/mol. The van der Waals surface area contributed by atoms with Crippen LogP contribution in [0.5, 0.6) is 0 Å². The molecule has 5 heteroatoms. The monoisotopic (exact) mass is 570 g/mol. The van der Waals surface area contributed by atoms with E-state index in [-0.39, 0.29) is 28.8 Å². The van der Waals surface area contributed by atoms with Crippen LogP contribution in [0.1, 0.15) is 26.2 Å². The summed E-state index contributed by atoms with van der Waals surface area (Å²) in [6, 6.07) is 42.7. The summed E-state index contributed by atoms with van der Waals surface area (Å²) in [7, 11) is -1.83. The van der Waals surface area contributed by atoms with Gasteiger partial charge in [-0.05, 0) is 74.7 Å². The van der Waals surface area contributed by atoms with Gasteiger partial charge in [0, 0.05) is 5.71 Å². The Hall–Kier alpha value is -3.07. The number of halogens is 1. The number of nitrogens with zero attached hydrogens (tertiary/aromatic N) is 2. The van der Waals surface area contributed by atoms with E-state index in [4.69, 9.17) is 0 Å². The zero-order chi connectivity index (χ0) is 24.8. The number of anilines is 1. The molecular formula is C32H32BrN2OP. The molecule has 4 aromatic carbocycles. The van der Waals surface area contributed by atoms with Gasteiger partial charge in [-0.25, -0.2) is 5.01 Å². The van der Waals surface area contributed by atoms with Crippen molar-refractivity contribution in [3.05, 3.63) is 121 Å². The number of carbonyl (C=O) groups excluding carboxylic acids is 1. The van der Waals surface area contributed by atoms with Crippen LogP contribution in [0.3, 0.4) is 0 Å². The Labute approximate surface area is 231 Å². The van der Waals surface area contributed by atoms with Gasteiger partial charge in [-0.3, -0.25) is 4.79 Å². The summed E-state index contributed by atoms with van der Waals surface area (Å²) in [6.07, 6.45) is 3.94. The number of hydrogen-bond donors (Lipinski definition) is 0. The maximum Gasteiger partial charge on any atom is 0.256 e. The zero-order valence-electron chi connectivity index (χ0n) is 21.1. The van der Waals surface area contributed by atoms with Crippen LogP contribution in [0, 0.1) is 5.92 Å². The Morgan fingerprint density at radius 3 is 1.57 bits per heavy atom. The third-order valence-electron chi connectivity index (χ3n) is 7.10. The number of carbonyl (C=O) groups is 1. The molecule has 5 rings (SSSR count). The van der Waals surface area contributed by atoms with E-state index in [0.29, 0.717) is 0 Å². The molecule has 0 bridgehead atoms. The van der Waals surface area contributed by atoms with Gasteiger partial charge in [-0.15, -0.1) is 0 Å². The number of unbranched alkanes of at least 4 members (excludes halogenated alkanes) is 1. The maximum absolute atomic E-state index is 13.2. The van der Waals surface area contributed by atoms with Crippen LogP contribution in [0.4, 0.5) is 5.69 Å². The highest BCUT2D eigenvalue weighted by atomic mass is 79.9. The fourth-order valence-electron chi connectivity index (χ4n) is 5.27. The van der Waals surface area contributed by atoms with Crippen molar-refractivity contribution >= 4 is 40.5 Å². The van der Waals surface area contributed by atoms with Gasteiger partial charge in [-0.2, -0.15) is 5.10 Å². The first-order chi connectivity index (χ1) is 17.7. The minimum Gasteiger partial charge on any atom is -1.00 e. The minimum absolute atomic E-state index is 0. The van der Waals surface area contributed by atoms with E-state index >= 15 is 0 Å². The normalized spacial score (nSPS) is 15.3. The molecule has 0 saturated carbocycles. The summed E-state index contributed by atoms with van der Waals surface area (Å²) in [6.45, 7) is 1.99. The van der Waals surface area contributed by atoms with Crippen LogP contribution in [0.15, 0.2) is 126 Å². The highest BCUT2D eigenvalue weighted by Crippen LogP contribution is 2.56. The Morgan fingerprint density at radius 1 is 0.676 bits per heavy atom. The Balaban J connectivity index is 0.00000320. The van der Waals surface area contributed by atoms with Crippen molar-refractivity contribution in [3.63, 3.8) is 0 Å². The maximum atomic E-state index is 13.2. The van der Waals surface area contributed by atoms with Gasteiger partial charge in [-0.1, -0.05) is 72.8 Å². The molecule has 188 valence electrons. The van der Waals surface area contributed by atoms with Crippen LogP contribution < -0.4 is 37.9 Å². The summed E-state index contributed by atoms with van der Waals surface area (Å²) in [4.78, 5) is 13.2. The van der Waals surface area contributed by atoms with E-state index < -0.39 is 7.26 Å². The Kier molecular flexibility index (Phi) is 9.08. The third-order valence-corrected chi connectivity index (χ3v) is 11.6. The lowest BCUT2D eigenvalue weighted by molar-refractivity contribution is -0.119. The van der Waals surface area contributed by atoms with Gasteiger partial charge in [0.05, 0.1) is 17.8 Å². The van der Waals surface area contributed by atoms with Crippen molar-refractivity contribution in [1.29, 1.82) is 0 Å². The van der Waals surface area contributed by atoms with E-state index in [1.165, 1.54) is 15.9 Å². The molecule has 0 radical (unpaired) electrons. The molecule has 1 atom stereocenters. The predicted octanol–water partition coefficient (Wildman–Crippen LogP) is 3.19. The Bertz CT molecular complexity index is 1220. The Morgan fingerprint density at radius 2 is 1.11 bits per heavy atom. The second-order valence-corrected chi connectivity index (χ2v) is 12.9. The lowest BCUT2D eigenvalue weighted by Crippen LogP contribution is -3.00. The number of hydrazone groups is 1. The molecule has 1 aliphatic heterocycles. The summed E-state index contributed by atoms with van der Waals surface area (Å²) in [5.41, 5.74) is 1.76. The first kappa shape index (κ1) is 27.0. The molecule has 1 unspecified atom stereocenters. The average molecular weight is 571 g/mol. The van der Waals surface area contributed by atoms with Crippen LogP contribution in [0.25, 0.3) is 0 Å². The van der Waals surface area contributed by atoms with Crippen molar-refractivity contribution in [3.8, 4) is 0 Å². The number of rotatable bonds is 9. The van der Waals surface area contributed by atoms with Gasteiger partial charge >= 0.3 is 0 Å². The SMILES string of the molecule is CC1=NN(c2ccccc2)C(=O)C1CCCC[P+](c1ccccc1)(c1ccccc1)c1ccccc1.[Br-]. The van der Waals surface area contributed by atoms with Crippen molar-refractivity contribution < 1.29 is 21.8 Å². The van der Waals surface area contributed by atoms with E-state index in [1.54, 1.807) is 5.01 Å². The first-order valence-electron chi connectivity index (χ1n) is 12.7. The molecule has 37 heavy (non-hydrogen) atoms. The van der Waals surface area contributed by atoms with Gasteiger partial charge < -0.3 is 17.0 Å². The number of benzene rings is 4. The van der Waals surface area contributed by atoms with Crippen LogP contribution in [0.2, 0.25) is 0 Å². The molecule has 1 heterocycles. The van der Waals surface area contributed by atoms with Crippen molar-refractivity contribution in [2.75, 3.05) is 11.2 Å². The average Bonchev–Trinajstić information content (AvgIpc) is 3.23. The first-order valence-corrected chi connectivity index (χ1v) is 14.7. The van der Waals surface area contributed by atoms with Gasteiger partial charge in [0.15, 0.2) is 0 Å². The highest BCUT2D eigenvalue weighted by molar-refractivity contribution is 7.95. The summed E-state index contributed by atoms with van der Waals surface area (Å²) in [5.74, 6) is -0.0444. The van der Waals surface area contributed by atoms with Crippen molar-refractivity contribution in [1.82, 2.24) is 0 Å². The fraction of sp³-hybridized carbons (Fsp3) is 0.188. The van der Waals surface area contributed by atoms with Gasteiger partial charge in [0.1, 0.15) is 23.2 Å². The third kappa shape index (κ3) is 5.61. The molecule has 0 spiro atoms. The lowest BCUT2D eigenvalue weighted by atomic mass is 9.97. The van der Waals surface area contributed by atoms with E-state index in [0.717, 1.165) is 36.8 Å². The van der Waals surface area contributed by atoms with Crippen molar-refractivity contribution in [2.45, 2.75) is 26.2 Å². The largest absolute Gasteiger partial charge is 1.00 e. The van der Waals surface area contributed by atoms with Gasteiger partial charge in [0.2, 0.25) is 0 Å². The topological polar surface area (TPSA) is 32.7 Å². The summed E-state index contributed by atoms with van der Waals surface area (Å²) >= 11 is 0. The molecule has 0 aliphatic carbocycles. The molecule has 1 aliphatic rings. The standard InChI is InChI=1S/C32H32N2OP.BrH/c1-26-31(32(35)34(33-26)27-16-6-2-7-17-27)24-14-15-25-36(28-18-8-3-9-19-28,29-20-10-4-11-21-29)30-22-12-5-13-23-30;/h2-13,16-23,31H,14-15,24-25H2,1H3;1H/q+1;/p-1. The van der Waals surface area contributed by atoms with Crippen LogP contribution in [-0.4, -0.2) is 17.8 Å². The summed E-state index contributed by atoms with van der Waals surface area (Å²) in [5, 5.41) is 10.4. The van der Waals surface area contributed by atoms with Crippen LogP contribution in [-0.2, 0) is 4.79 Å². The summed E-state index contributed by atoms with van der Waals surface area (Å²) < 4.78 is 0. The zero-order valence-corrected chi connectivity index (χ0v) is 23.6. The minimum atomic E-state index is -1.83. The fourth-order valence-corrected chi connectivity index (χ4v) is 9.68.